The number of hydrogen-bond donors (Lipinski definition) is 0. The molecule has 2 rings (SSSR count). The highest BCUT2D eigenvalue weighted by molar-refractivity contribution is 6.74. The van der Waals surface area contributed by atoms with Crippen molar-refractivity contribution in [3.63, 3.8) is 0 Å². The van der Waals surface area contributed by atoms with Crippen molar-refractivity contribution in [1.82, 2.24) is 0 Å². The zero-order valence-electron chi connectivity index (χ0n) is 22.9. The zero-order valence-corrected chi connectivity index (χ0v) is 24.9. The molecule has 0 amide bonds. The second-order valence-corrected chi connectivity index (χ2v) is 21.8. The summed E-state index contributed by atoms with van der Waals surface area (Å²) >= 11 is 0. The van der Waals surface area contributed by atoms with Crippen LogP contribution in [-0.4, -0.2) is 41.2 Å². The van der Waals surface area contributed by atoms with Crippen LogP contribution in [-0.2, 0) is 13.6 Å². The summed E-state index contributed by atoms with van der Waals surface area (Å²) in [6.45, 7) is 26.5. The van der Waals surface area contributed by atoms with E-state index >= 15 is 0 Å². The van der Waals surface area contributed by atoms with Gasteiger partial charge in [0.15, 0.2) is 22.4 Å². The fourth-order valence-corrected chi connectivity index (χ4v) is 5.71. The number of carbonyl (C=O) groups is 1. The van der Waals surface area contributed by atoms with Gasteiger partial charge in [0.1, 0.15) is 18.5 Å². The van der Waals surface area contributed by atoms with Gasteiger partial charge >= 0.3 is 0 Å². The second-order valence-electron chi connectivity index (χ2n) is 12.3. The maximum absolute atomic E-state index is 12.6. The molecule has 1 aromatic carbocycles. The van der Waals surface area contributed by atoms with Gasteiger partial charge in [-0.25, -0.2) is 0 Å². The van der Waals surface area contributed by atoms with Gasteiger partial charge in [-0.15, -0.1) is 0 Å². The lowest BCUT2D eigenvalue weighted by Crippen LogP contribution is -2.45. The molecule has 0 aliphatic heterocycles. The maximum atomic E-state index is 12.6. The van der Waals surface area contributed by atoms with Crippen molar-refractivity contribution in [2.45, 2.75) is 96.4 Å². The number of ether oxygens (including phenoxy) is 1. The highest BCUT2D eigenvalue weighted by Gasteiger charge is 2.45. The van der Waals surface area contributed by atoms with Crippen LogP contribution in [0.4, 0.5) is 0 Å². The van der Waals surface area contributed by atoms with Crippen LogP contribution >= 0.6 is 0 Å². The van der Waals surface area contributed by atoms with E-state index in [-0.39, 0.29) is 27.9 Å². The Labute approximate surface area is 209 Å². The predicted molar refractivity (Wildman–Crippen MR) is 146 cm³/mol. The second kappa shape index (κ2) is 10.5. The molecule has 0 bridgehead atoms. The van der Waals surface area contributed by atoms with E-state index in [0.29, 0.717) is 18.6 Å². The van der Waals surface area contributed by atoms with Crippen LogP contribution < -0.4 is 4.74 Å². The van der Waals surface area contributed by atoms with Gasteiger partial charge < -0.3 is 13.6 Å². The van der Waals surface area contributed by atoms with Crippen LogP contribution in [0, 0.1) is 17.8 Å². The van der Waals surface area contributed by atoms with Crippen molar-refractivity contribution in [3.05, 3.63) is 42.5 Å². The van der Waals surface area contributed by atoms with Gasteiger partial charge in [-0.1, -0.05) is 78.2 Å². The molecule has 3 atom stereocenters. The summed E-state index contributed by atoms with van der Waals surface area (Å²) < 4.78 is 19.3. The van der Waals surface area contributed by atoms with Crippen molar-refractivity contribution in [3.8, 4) is 17.6 Å². The first-order chi connectivity index (χ1) is 15.4. The van der Waals surface area contributed by atoms with Crippen molar-refractivity contribution in [2.75, 3.05) is 6.61 Å². The van der Waals surface area contributed by atoms with Crippen molar-refractivity contribution >= 4 is 22.4 Å². The summed E-state index contributed by atoms with van der Waals surface area (Å²) in [5.41, 5.74) is 0.547. The van der Waals surface area contributed by atoms with Gasteiger partial charge in [-0.05, 0) is 48.4 Å². The highest BCUT2D eigenvalue weighted by atomic mass is 28.4. The third-order valence-corrected chi connectivity index (χ3v) is 16.5. The van der Waals surface area contributed by atoms with E-state index in [2.05, 4.69) is 86.2 Å². The Morgan fingerprint density at radius 1 is 1.00 bits per heavy atom. The van der Waals surface area contributed by atoms with Crippen molar-refractivity contribution in [1.29, 1.82) is 0 Å². The molecule has 1 aliphatic rings. The molecule has 0 unspecified atom stereocenters. The molecule has 0 spiro atoms. The van der Waals surface area contributed by atoms with Crippen LogP contribution in [0.5, 0.6) is 5.75 Å². The molecule has 1 aliphatic carbocycles. The van der Waals surface area contributed by atoms with Gasteiger partial charge in [-0.3, -0.25) is 4.79 Å². The third kappa shape index (κ3) is 7.18. The van der Waals surface area contributed by atoms with Crippen LogP contribution in [0.2, 0.25) is 36.3 Å². The monoisotopic (exact) mass is 500 g/mol. The van der Waals surface area contributed by atoms with E-state index < -0.39 is 22.7 Å². The lowest BCUT2D eigenvalue weighted by atomic mass is 10.0. The lowest BCUT2D eigenvalue weighted by Gasteiger charge is -2.39. The molecule has 0 radical (unpaired) electrons. The fourth-order valence-electron chi connectivity index (χ4n) is 3.18. The molecule has 1 fully saturated rings. The Bertz CT molecular complexity index is 927. The maximum Gasteiger partial charge on any atom is 0.193 e. The average molecular weight is 501 g/mol. The van der Waals surface area contributed by atoms with E-state index in [0.717, 1.165) is 5.75 Å². The van der Waals surface area contributed by atoms with Gasteiger partial charge in [0.05, 0.1) is 12.0 Å². The Hall–Kier alpha value is -1.66. The Morgan fingerprint density at radius 3 is 2.09 bits per heavy atom. The standard InChI is InChI=1S/C28H44O4Si2/c1-21-24(26(19-25(21)29)32-34(10,11)28(5,6)7)18-17-23(31-33(8,9)27(2,3)4)20-30-22-15-13-12-14-16-22/h12-16,23-24,26H,1,19-20H2,2-11H3/t23-,24-,26-/m1/s1. The molecule has 1 aromatic rings. The Kier molecular flexibility index (Phi) is 8.85. The smallest absolute Gasteiger partial charge is 0.193 e. The molecule has 0 N–H and O–H groups in total. The van der Waals surface area contributed by atoms with Crippen LogP contribution in [0.1, 0.15) is 48.0 Å². The molecule has 34 heavy (non-hydrogen) atoms. The van der Waals surface area contributed by atoms with E-state index in [1.807, 2.05) is 30.3 Å². The topological polar surface area (TPSA) is 44.8 Å². The molecular weight excluding hydrogens is 456 g/mol. The third-order valence-electron chi connectivity index (χ3n) is 7.53. The summed E-state index contributed by atoms with van der Waals surface area (Å²) in [5, 5.41) is 0.0933. The minimum atomic E-state index is -2.09. The SMILES string of the molecule is C=C1C(=O)C[C@@H](O[Si](C)(C)C(C)(C)C)[C@@H]1C#C[C@H](COc1ccccc1)O[Si](C)(C)C(C)(C)C. The predicted octanol–water partition coefficient (Wildman–Crippen LogP) is 6.99. The summed E-state index contributed by atoms with van der Waals surface area (Å²) in [6.07, 6.45) is -0.311. The lowest BCUT2D eigenvalue weighted by molar-refractivity contribution is -0.115. The summed E-state index contributed by atoms with van der Waals surface area (Å²) in [6, 6.07) is 9.71. The van der Waals surface area contributed by atoms with E-state index in [4.69, 9.17) is 13.6 Å². The van der Waals surface area contributed by atoms with Crippen molar-refractivity contribution in [2.24, 2.45) is 5.92 Å². The molecule has 188 valence electrons. The summed E-state index contributed by atoms with van der Waals surface area (Å²) in [7, 11) is -4.15. The molecule has 0 aromatic heterocycles. The summed E-state index contributed by atoms with van der Waals surface area (Å²) in [4.78, 5) is 12.6. The normalized spacial score (nSPS) is 20.6. The molecular formula is C28H44O4Si2. The van der Waals surface area contributed by atoms with E-state index in [1.165, 1.54) is 0 Å². The Balaban J connectivity index is 2.30. The number of hydrogen-bond acceptors (Lipinski definition) is 4. The van der Waals surface area contributed by atoms with Gasteiger partial charge in [0.25, 0.3) is 0 Å². The first-order valence-electron chi connectivity index (χ1n) is 12.2. The number of carbonyl (C=O) groups excluding carboxylic acids is 1. The van der Waals surface area contributed by atoms with E-state index in [1.54, 1.807) is 0 Å². The number of Topliss-reactive ketones (excluding diaryl/α,β-unsaturated/α-hetero) is 1. The van der Waals surface area contributed by atoms with Crippen molar-refractivity contribution < 1.29 is 18.4 Å². The largest absolute Gasteiger partial charge is 0.490 e. The number of rotatable bonds is 7. The molecule has 6 heteroatoms. The van der Waals surface area contributed by atoms with Crippen LogP contribution in [0.25, 0.3) is 0 Å². The highest BCUT2D eigenvalue weighted by Crippen LogP contribution is 2.41. The number of para-hydroxylation sites is 1. The van der Waals surface area contributed by atoms with Crippen LogP contribution in [0.15, 0.2) is 42.5 Å². The first-order valence-corrected chi connectivity index (χ1v) is 18.0. The van der Waals surface area contributed by atoms with E-state index in [9.17, 15) is 4.79 Å². The fraction of sp³-hybridized carbons (Fsp3) is 0.607. The molecule has 4 nitrogen and oxygen atoms in total. The minimum Gasteiger partial charge on any atom is -0.490 e. The van der Waals surface area contributed by atoms with Gasteiger partial charge in [0.2, 0.25) is 0 Å². The first kappa shape index (κ1) is 28.6. The van der Waals surface area contributed by atoms with Gasteiger partial charge in [0, 0.05) is 12.0 Å². The summed E-state index contributed by atoms with van der Waals surface area (Å²) in [5.74, 6) is 7.18. The zero-order chi connectivity index (χ0) is 25.9. The average Bonchev–Trinajstić information content (AvgIpc) is 2.95. The number of benzene rings is 1. The van der Waals surface area contributed by atoms with Gasteiger partial charge in [-0.2, -0.15) is 0 Å². The minimum absolute atomic E-state index is 0.0422. The Morgan fingerprint density at radius 2 is 1.56 bits per heavy atom. The quantitative estimate of drug-likeness (QED) is 0.230. The molecule has 0 saturated heterocycles. The van der Waals surface area contributed by atoms with Crippen LogP contribution in [0.3, 0.4) is 0 Å². The number of ketones is 1. The molecule has 0 heterocycles. The molecule has 1 saturated carbocycles.